The number of nitrogens with one attached hydrogen (secondary N) is 1. The molecule has 1 aromatic carbocycles. The molecular weight excluding hydrogens is 374 g/mol. The largest absolute Gasteiger partial charge is 0.378 e. The van der Waals surface area contributed by atoms with E-state index in [4.69, 9.17) is 9.47 Å². The van der Waals surface area contributed by atoms with Gasteiger partial charge in [0.15, 0.2) is 0 Å². The van der Waals surface area contributed by atoms with Crippen LogP contribution in [0.1, 0.15) is 5.69 Å². The first-order chi connectivity index (χ1) is 13.5. The van der Waals surface area contributed by atoms with Crippen LogP contribution in [-0.2, 0) is 27.4 Å². The summed E-state index contributed by atoms with van der Waals surface area (Å²) in [5, 5.41) is 2.35. The average molecular weight is 394 g/mol. The number of rotatable bonds is 6. The van der Waals surface area contributed by atoms with E-state index in [1.807, 2.05) is 4.90 Å². The number of aromatic nitrogens is 2. The van der Waals surface area contributed by atoms with Crippen LogP contribution in [0.2, 0.25) is 0 Å². The maximum absolute atomic E-state index is 13.8. The van der Waals surface area contributed by atoms with Crippen molar-refractivity contribution in [3.8, 4) is 0 Å². The molecule has 1 aromatic heterocycles. The third-order valence-corrected chi connectivity index (χ3v) is 4.13. The van der Waals surface area contributed by atoms with Gasteiger partial charge >= 0.3 is 0 Å². The lowest BCUT2D eigenvalue weighted by atomic mass is 10.3. The van der Waals surface area contributed by atoms with Gasteiger partial charge in [-0.3, -0.25) is 14.2 Å². The number of amides is 1. The zero-order chi connectivity index (χ0) is 20.1. The first-order valence-electron chi connectivity index (χ1n) is 8.65. The van der Waals surface area contributed by atoms with Gasteiger partial charge in [-0.15, -0.1) is 0 Å². The summed E-state index contributed by atoms with van der Waals surface area (Å²) in [4.78, 5) is 31.3. The summed E-state index contributed by atoms with van der Waals surface area (Å²) in [6.07, 6.45) is 0. The predicted octanol–water partition coefficient (Wildman–Crippen LogP) is 1.14. The number of halogens is 2. The molecule has 1 aliphatic rings. The maximum atomic E-state index is 13.8. The highest BCUT2D eigenvalue weighted by atomic mass is 19.1. The SMILES string of the molecule is COCc1cc(=O)n(CC(=O)Nc2ccc(F)cc2F)c(N2CCOCC2)n1. The molecule has 1 fully saturated rings. The summed E-state index contributed by atoms with van der Waals surface area (Å²) in [6, 6.07) is 4.11. The van der Waals surface area contributed by atoms with Gasteiger partial charge in [0.2, 0.25) is 11.9 Å². The molecule has 3 rings (SSSR count). The molecule has 150 valence electrons. The van der Waals surface area contributed by atoms with E-state index in [1.54, 1.807) is 0 Å². The molecular formula is C18H20F2N4O4. The highest BCUT2D eigenvalue weighted by Gasteiger charge is 2.20. The van der Waals surface area contributed by atoms with Gasteiger partial charge in [0, 0.05) is 32.3 Å². The van der Waals surface area contributed by atoms with Crippen LogP contribution in [0, 0.1) is 11.6 Å². The van der Waals surface area contributed by atoms with E-state index in [2.05, 4.69) is 10.3 Å². The third kappa shape index (κ3) is 4.70. The smallest absolute Gasteiger partial charge is 0.255 e. The topological polar surface area (TPSA) is 85.7 Å². The molecule has 0 aliphatic carbocycles. The number of benzene rings is 1. The molecule has 1 saturated heterocycles. The van der Waals surface area contributed by atoms with Gasteiger partial charge in [0.05, 0.1) is 31.2 Å². The molecule has 10 heteroatoms. The van der Waals surface area contributed by atoms with Crippen LogP contribution in [0.25, 0.3) is 0 Å². The number of morpholine rings is 1. The molecule has 1 amide bonds. The molecule has 0 atom stereocenters. The Bertz CT molecular complexity index is 913. The first kappa shape index (κ1) is 19.9. The lowest BCUT2D eigenvalue weighted by molar-refractivity contribution is -0.116. The number of carbonyl (C=O) groups is 1. The quantitative estimate of drug-likeness (QED) is 0.791. The number of nitrogens with zero attached hydrogens (tertiary/aromatic N) is 3. The zero-order valence-corrected chi connectivity index (χ0v) is 15.3. The fourth-order valence-electron chi connectivity index (χ4n) is 2.84. The average Bonchev–Trinajstić information content (AvgIpc) is 2.67. The molecule has 2 aromatic rings. The van der Waals surface area contributed by atoms with Crippen molar-refractivity contribution >= 4 is 17.5 Å². The Morgan fingerprint density at radius 1 is 1.29 bits per heavy atom. The Morgan fingerprint density at radius 2 is 2.04 bits per heavy atom. The predicted molar refractivity (Wildman–Crippen MR) is 97.2 cm³/mol. The van der Waals surface area contributed by atoms with Gasteiger partial charge in [-0.2, -0.15) is 0 Å². The van der Waals surface area contributed by atoms with Crippen LogP contribution in [-0.4, -0.2) is 48.9 Å². The van der Waals surface area contributed by atoms with Crippen molar-refractivity contribution in [2.45, 2.75) is 13.2 Å². The van der Waals surface area contributed by atoms with E-state index in [0.717, 1.165) is 12.1 Å². The lowest BCUT2D eigenvalue weighted by Gasteiger charge is -2.29. The fraction of sp³-hybridized carbons (Fsp3) is 0.389. The van der Waals surface area contributed by atoms with Crippen molar-refractivity contribution < 1.29 is 23.0 Å². The number of carbonyl (C=O) groups excluding carboxylic acids is 1. The lowest BCUT2D eigenvalue weighted by Crippen LogP contribution is -2.42. The van der Waals surface area contributed by atoms with Gasteiger partial charge in [-0.25, -0.2) is 13.8 Å². The number of hydrogen-bond donors (Lipinski definition) is 1. The zero-order valence-electron chi connectivity index (χ0n) is 15.3. The second kappa shape index (κ2) is 8.89. The number of anilines is 2. The molecule has 28 heavy (non-hydrogen) atoms. The van der Waals surface area contributed by atoms with Gasteiger partial charge in [-0.1, -0.05) is 0 Å². The standard InChI is InChI=1S/C18H20F2N4O4/c1-27-11-13-9-17(26)24(18(21-13)23-4-6-28-7-5-23)10-16(25)22-15-3-2-12(19)8-14(15)20/h2-3,8-9H,4-7,10-11H2,1H3,(H,22,25). The first-order valence-corrected chi connectivity index (χ1v) is 8.65. The summed E-state index contributed by atoms with van der Waals surface area (Å²) < 4.78 is 38.3. The van der Waals surface area contributed by atoms with Gasteiger partial charge in [-0.05, 0) is 12.1 Å². The summed E-state index contributed by atoms with van der Waals surface area (Å²) in [5.74, 6) is -1.97. The molecule has 2 heterocycles. The molecule has 1 aliphatic heterocycles. The highest BCUT2D eigenvalue weighted by Crippen LogP contribution is 2.16. The van der Waals surface area contributed by atoms with E-state index < -0.39 is 23.1 Å². The van der Waals surface area contributed by atoms with Crippen LogP contribution in [0.5, 0.6) is 0 Å². The van der Waals surface area contributed by atoms with Crippen LogP contribution in [0.3, 0.4) is 0 Å². The minimum absolute atomic E-state index is 0.153. The molecule has 1 N–H and O–H groups in total. The molecule has 0 saturated carbocycles. The fourth-order valence-corrected chi connectivity index (χ4v) is 2.84. The van der Waals surface area contributed by atoms with Crippen molar-refractivity contribution in [3.63, 3.8) is 0 Å². The Labute approximate surface area is 159 Å². The van der Waals surface area contributed by atoms with Crippen molar-refractivity contribution in [3.05, 3.63) is 51.9 Å². The van der Waals surface area contributed by atoms with Crippen molar-refractivity contribution in [2.75, 3.05) is 43.6 Å². The highest BCUT2D eigenvalue weighted by molar-refractivity contribution is 5.90. The van der Waals surface area contributed by atoms with Crippen molar-refractivity contribution in [1.29, 1.82) is 0 Å². The number of ether oxygens (including phenoxy) is 2. The maximum Gasteiger partial charge on any atom is 0.255 e. The van der Waals surface area contributed by atoms with E-state index in [-0.39, 0.29) is 18.8 Å². The van der Waals surface area contributed by atoms with Crippen LogP contribution in [0.15, 0.2) is 29.1 Å². The number of hydrogen-bond acceptors (Lipinski definition) is 6. The Balaban J connectivity index is 1.86. The third-order valence-electron chi connectivity index (χ3n) is 4.13. The molecule has 8 nitrogen and oxygen atoms in total. The summed E-state index contributed by atoms with van der Waals surface area (Å²) in [5.41, 5.74) is -0.162. The molecule has 0 radical (unpaired) electrons. The Morgan fingerprint density at radius 3 is 2.71 bits per heavy atom. The minimum Gasteiger partial charge on any atom is -0.378 e. The molecule has 0 spiro atoms. The van der Waals surface area contributed by atoms with Gasteiger partial charge in [0.25, 0.3) is 5.56 Å². The van der Waals surface area contributed by atoms with Crippen LogP contribution < -0.4 is 15.8 Å². The number of methoxy groups -OCH3 is 1. The summed E-state index contributed by atoms with van der Waals surface area (Å²) in [7, 11) is 1.49. The van der Waals surface area contributed by atoms with Crippen molar-refractivity contribution in [1.82, 2.24) is 9.55 Å². The molecule has 0 bridgehead atoms. The minimum atomic E-state index is -0.900. The summed E-state index contributed by atoms with van der Waals surface area (Å²) >= 11 is 0. The molecule has 0 unspecified atom stereocenters. The van der Waals surface area contributed by atoms with Gasteiger partial charge in [0.1, 0.15) is 18.2 Å². The Hall–Kier alpha value is -2.85. The Kier molecular flexibility index (Phi) is 6.32. The normalized spacial score (nSPS) is 14.2. The monoisotopic (exact) mass is 394 g/mol. The second-order valence-corrected chi connectivity index (χ2v) is 6.18. The van der Waals surface area contributed by atoms with Gasteiger partial charge < -0.3 is 19.7 Å². The summed E-state index contributed by atoms with van der Waals surface area (Å²) in [6.45, 7) is 1.74. The van der Waals surface area contributed by atoms with E-state index in [9.17, 15) is 18.4 Å². The van der Waals surface area contributed by atoms with E-state index in [0.29, 0.717) is 44.0 Å². The van der Waals surface area contributed by atoms with Crippen LogP contribution >= 0.6 is 0 Å². The van der Waals surface area contributed by atoms with E-state index in [1.165, 1.54) is 17.7 Å². The second-order valence-electron chi connectivity index (χ2n) is 6.18. The van der Waals surface area contributed by atoms with E-state index >= 15 is 0 Å². The van der Waals surface area contributed by atoms with Crippen molar-refractivity contribution in [2.24, 2.45) is 0 Å². The van der Waals surface area contributed by atoms with Crippen LogP contribution in [0.4, 0.5) is 20.4 Å².